The first kappa shape index (κ1) is 14.8. The van der Waals surface area contributed by atoms with Gasteiger partial charge >= 0.3 is 5.97 Å². The van der Waals surface area contributed by atoms with Crippen molar-refractivity contribution in [3.05, 3.63) is 54.1 Å². The van der Waals surface area contributed by atoms with Crippen LogP contribution in [0.4, 0.5) is 0 Å². The van der Waals surface area contributed by atoms with Crippen LogP contribution in [0.15, 0.2) is 48.5 Å². The smallest absolute Gasteiger partial charge is 0.336 e. The summed E-state index contributed by atoms with van der Waals surface area (Å²) in [4.78, 5) is 16.2. The average Bonchev–Trinajstić information content (AvgIpc) is 2.60. The second-order valence-electron chi connectivity index (χ2n) is 4.97. The molecule has 1 N–H and O–H groups in total. The molecule has 0 spiro atoms. The predicted molar refractivity (Wildman–Crippen MR) is 87.2 cm³/mol. The Bertz CT molecular complexity index is 872. The molecule has 2 aromatic carbocycles. The Morgan fingerprint density at radius 1 is 0.957 bits per heavy atom. The van der Waals surface area contributed by atoms with Crippen molar-refractivity contribution in [2.45, 2.75) is 0 Å². The minimum Gasteiger partial charge on any atom is -0.497 e. The highest BCUT2D eigenvalue weighted by Crippen LogP contribution is 2.28. The first-order valence-corrected chi connectivity index (χ1v) is 6.99. The highest BCUT2D eigenvalue weighted by Gasteiger charge is 2.14. The molecular weight excluding hydrogens is 294 g/mol. The fraction of sp³-hybridized carbons (Fsp3) is 0.111. The van der Waals surface area contributed by atoms with Gasteiger partial charge in [0, 0.05) is 10.9 Å². The van der Waals surface area contributed by atoms with Gasteiger partial charge in [0.15, 0.2) is 0 Å². The third-order valence-electron chi connectivity index (χ3n) is 3.63. The topological polar surface area (TPSA) is 68.7 Å². The number of aromatic carboxylic acids is 1. The van der Waals surface area contributed by atoms with E-state index in [2.05, 4.69) is 4.98 Å². The third-order valence-corrected chi connectivity index (χ3v) is 3.63. The van der Waals surface area contributed by atoms with E-state index in [1.165, 1.54) is 0 Å². The van der Waals surface area contributed by atoms with E-state index in [1.54, 1.807) is 38.5 Å². The molecule has 3 rings (SSSR count). The number of nitrogens with zero attached hydrogens (tertiary/aromatic N) is 1. The summed E-state index contributed by atoms with van der Waals surface area (Å²) in [6, 6.07) is 14.1. The van der Waals surface area contributed by atoms with Crippen LogP contribution in [0.2, 0.25) is 0 Å². The lowest BCUT2D eigenvalue weighted by Gasteiger charge is -2.09. The molecule has 0 fully saturated rings. The molecule has 0 aliphatic rings. The predicted octanol–water partition coefficient (Wildman–Crippen LogP) is 3.62. The second kappa shape index (κ2) is 5.96. The van der Waals surface area contributed by atoms with Crippen LogP contribution in [0.1, 0.15) is 10.4 Å². The van der Waals surface area contributed by atoms with Gasteiger partial charge in [-0.3, -0.25) is 0 Å². The number of benzene rings is 2. The summed E-state index contributed by atoms with van der Waals surface area (Å²) in [5, 5.41) is 10.1. The van der Waals surface area contributed by atoms with Crippen molar-refractivity contribution in [1.29, 1.82) is 0 Å². The fourth-order valence-electron chi connectivity index (χ4n) is 2.42. The molecule has 0 saturated heterocycles. The lowest BCUT2D eigenvalue weighted by Crippen LogP contribution is -2.00. The minimum absolute atomic E-state index is 0.194. The van der Waals surface area contributed by atoms with Crippen LogP contribution in [0.25, 0.3) is 22.2 Å². The largest absolute Gasteiger partial charge is 0.497 e. The summed E-state index contributed by atoms with van der Waals surface area (Å²) >= 11 is 0. The highest BCUT2D eigenvalue weighted by molar-refractivity contribution is 6.04. The van der Waals surface area contributed by atoms with E-state index in [1.807, 2.05) is 24.3 Å². The number of ether oxygens (including phenoxy) is 2. The lowest BCUT2D eigenvalue weighted by molar-refractivity contribution is 0.0699. The van der Waals surface area contributed by atoms with E-state index < -0.39 is 5.97 Å². The van der Waals surface area contributed by atoms with E-state index in [9.17, 15) is 9.90 Å². The molecule has 0 atom stereocenters. The molecule has 0 bridgehead atoms. The molecule has 0 saturated carbocycles. The van der Waals surface area contributed by atoms with Gasteiger partial charge < -0.3 is 14.6 Å². The van der Waals surface area contributed by atoms with Crippen LogP contribution in [0.3, 0.4) is 0 Å². The zero-order valence-corrected chi connectivity index (χ0v) is 12.7. The molecule has 0 unspecified atom stereocenters. The van der Waals surface area contributed by atoms with Crippen LogP contribution in [-0.2, 0) is 0 Å². The van der Waals surface area contributed by atoms with Gasteiger partial charge in [0.05, 0.1) is 31.0 Å². The summed E-state index contributed by atoms with van der Waals surface area (Å²) in [7, 11) is 3.14. The van der Waals surface area contributed by atoms with Crippen molar-refractivity contribution in [1.82, 2.24) is 4.98 Å². The Morgan fingerprint density at radius 3 is 2.22 bits per heavy atom. The van der Waals surface area contributed by atoms with E-state index in [-0.39, 0.29) is 5.56 Å². The van der Waals surface area contributed by atoms with Crippen LogP contribution in [0.5, 0.6) is 11.5 Å². The quantitative estimate of drug-likeness (QED) is 0.797. The zero-order valence-electron chi connectivity index (χ0n) is 12.7. The maximum atomic E-state index is 11.6. The van der Waals surface area contributed by atoms with Gasteiger partial charge in [-0.2, -0.15) is 0 Å². The molecule has 5 nitrogen and oxygen atoms in total. The number of aromatic nitrogens is 1. The Kier molecular flexibility index (Phi) is 3.85. The van der Waals surface area contributed by atoms with Crippen molar-refractivity contribution in [2.75, 3.05) is 14.2 Å². The van der Waals surface area contributed by atoms with Crippen LogP contribution < -0.4 is 9.47 Å². The van der Waals surface area contributed by atoms with Gasteiger partial charge in [0.2, 0.25) is 0 Å². The molecule has 0 aliphatic carbocycles. The van der Waals surface area contributed by atoms with Crippen molar-refractivity contribution in [2.24, 2.45) is 0 Å². The standard InChI is InChI=1S/C18H15NO4/c1-22-12-5-3-11(4-6-12)17-10-15(18(20)21)14-9-13(23-2)7-8-16(14)19-17/h3-10H,1-2H3,(H,20,21). The van der Waals surface area contributed by atoms with Gasteiger partial charge in [-0.1, -0.05) is 0 Å². The van der Waals surface area contributed by atoms with Crippen LogP contribution in [0, 0.1) is 0 Å². The molecule has 5 heteroatoms. The Balaban J connectivity index is 2.20. The maximum Gasteiger partial charge on any atom is 0.336 e. The Labute approximate surface area is 133 Å². The minimum atomic E-state index is -1.000. The summed E-state index contributed by atoms with van der Waals surface area (Å²) in [5.41, 5.74) is 2.23. The second-order valence-corrected chi connectivity index (χ2v) is 4.97. The molecule has 23 heavy (non-hydrogen) atoms. The summed E-state index contributed by atoms with van der Waals surface area (Å²) in [6.07, 6.45) is 0. The van der Waals surface area contributed by atoms with Gasteiger partial charge in [-0.05, 0) is 48.5 Å². The maximum absolute atomic E-state index is 11.6. The van der Waals surface area contributed by atoms with Crippen molar-refractivity contribution in [3.63, 3.8) is 0 Å². The van der Waals surface area contributed by atoms with Crippen molar-refractivity contribution in [3.8, 4) is 22.8 Å². The number of fused-ring (bicyclic) bond motifs is 1. The van der Waals surface area contributed by atoms with E-state index >= 15 is 0 Å². The first-order chi connectivity index (χ1) is 11.1. The number of hydrogen-bond donors (Lipinski definition) is 1. The number of hydrogen-bond acceptors (Lipinski definition) is 4. The molecule has 0 aliphatic heterocycles. The van der Waals surface area contributed by atoms with E-state index in [4.69, 9.17) is 9.47 Å². The van der Waals surface area contributed by atoms with Gasteiger partial charge in [-0.25, -0.2) is 9.78 Å². The van der Waals surface area contributed by atoms with Gasteiger partial charge in [0.1, 0.15) is 11.5 Å². The molecule has 3 aromatic rings. The SMILES string of the molecule is COc1ccc(-c2cc(C(=O)O)c3cc(OC)ccc3n2)cc1. The zero-order chi connectivity index (χ0) is 16.4. The van der Waals surface area contributed by atoms with Crippen LogP contribution >= 0.6 is 0 Å². The monoisotopic (exact) mass is 309 g/mol. The molecule has 0 radical (unpaired) electrons. The van der Waals surface area contributed by atoms with Crippen molar-refractivity contribution < 1.29 is 19.4 Å². The van der Waals surface area contributed by atoms with Crippen molar-refractivity contribution >= 4 is 16.9 Å². The first-order valence-electron chi connectivity index (χ1n) is 6.99. The van der Waals surface area contributed by atoms with Gasteiger partial charge in [-0.15, -0.1) is 0 Å². The summed E-state index contributed by atoms with van der Waals surface area (Å²) in [6.45, 7) is 0. The summed E-state index contributed by atoms with van der Waals surface area (Å²) in [5.74, 6) is 0.331. The number of pyridine rings is 1. The number of rotatable bonds is 4. The Morgan fingerprint density at radius 2 is 1.61 bits per heavy atom. The number of carbonyl (C=O) groups is 1. The summed E-state index contributed by atoms with van der Waals surface area (Å²) < 4.78 is 10.3. The fourth-order valence-corrected chi connectivity index (χ4v) is 2.42. The number of carboxylic acids is 1. The molecular formula is C18H15NO4. The molecule has 1 heterocycles. The van der Waals surface area contributed by atoms with Gasteiger partial charge in [0.25, 0.3) is 0 Å². The van der Waals surface area contributed by atoms with Crippen LogP contribution in [-0.4, -0.2) is 30.3 Å². The number of carboxylic acid groups (broad SMARTS) is 1. The lowest BCUT2D eigenvalue weighted by atomic mass is 10.0. The third kappa shape index (κ3) is 2.81. The number of methoxy groups -OCH3 is 2. The Hall–Kier alpha value is -3.08. The normalized spacial score (nSPS) is 10.5. The molecule has 0 amide bonds. The molecule has 116 valence electrons. The van der Waals surface area contributed by atoms with E-state index in [0.29, 0.717) is 22.3 Å². The average molecular weight is 309 g/mol. The highest BCUT2D eigenvalue weighted by atomic mass is 16.5. The molecule has 1 aromatic heterocycles. The van der Waals surface area contributed by atoms with E-state index in [0.717, 1.165) is 11.3 Å².